The summed E-state index contributed by atoms with van der Waals surface area (Å²) in [6, 6.07) is 12.1. The Kier molecular flexibility index (Phi) is 7.89. The van der Waals surface area contributed by atoms with Crippen molar-refractivity contribution in [2.24, 2.45) is 0 Å². The minimum atomic E-state index is -3.94. The van der Waals surface area contributed by atoms with Gasteiger partial charge in [0.2, 0.25) is 15.9 Å². The highest BCUT2D eigenvalue weighted by molar-refractivity contribution is 7.89. The van der Waals surface area contributed by atoms with Gasteiger partial charge in [-0.3, -0.25) is 24.3 Å². The Morgan fingerprint density at radius 3 is 2.49 bits per heavy atom. The van der Waals surface area contributed by atoms with Crippen molar-refractivity contribution in [3.8, 4) is 11.5 Å². The molecule has 212 valence electrons. The summed E-state index contributed by atoms with van der Waals surface area (Å²) in [5.74, 6) is -0.227. The van der Waals surface area contributed by atoms with Gasteiger partial charge in [-0.1, -0.05) is 18.2 Å². The molecule has 0 aliphatic carbocycles. The van der Waals surface area contributed by atoms with E-state index in [2.05, 4.69) is 14.7 Å². The van der Waals surface area contributed by atoms with Crippen LogP contribution < -0.4 is 19.1 Å². The van der Waals surface area contributed by atoms with Gasteiger partial charge in [0.15, 0.2) is 5.75 Å². The maximum Gasteiger partial charge on any atom is 0.262 e. The fraction of sp³-hybridized carbons (Fsp3) is 0.267. The van der Waals surface area contributed by atoms with E-state index in [0.29, 0.717) is 69.1 Å². The molecule has 0 radical (unpaired) electrons. The van der Waals surface area contributed by atoms with Crippen LogP contribution in [0.15, 0.2) is 61.1 Å². The number of anilines is 1. The molecule has 2 aromatic heterocycles. The van der Waals surface area contributed by atoms with Crippen LogP contribution in [-0.2, 0) is 33.5 Å². The molecule has 3 heterocycles. The van der Waals surface area contributed by atoms with Crippen LogP contribution in [0.3, 0.4) is 0 Å². The van der Waals surface area contributed by atoms with Crippen LogP contribution in [0.1, 0.15) is 46.5 Å². The first kappa shape index (κ1) is 28.0. The van der Waals surface area contributed by atoms with E-state index in [1.807, 2.05) is 26.8 Å². The topological polar surface area (TPSA) is 128 Å². The van der Waals surface area contributed by atoms with Gasteiger partial charge >= 0.3 is 0 Å². The Balaban J connectivity index is 1.41. The molecule has 11 heteroatoms. The van der Waals surface area contributed by atoms with Gasteiger partial charge in [0.25, 0.3) is 5.91 Å². The van der Waals surface area contributed by atoms with Gasteiger partial charge in [0, 0.05) is 35.2 Å². The summed E-state index contributed by atoms with van der Waals surface area (Å²) in [4.78, 5) is 36.3. The lowest BCUT2D eigenvalue weighted by atomic mass is 10.0. The Hall–Kier alpha value is -4.51. The number of aromatic nitrogens is 2. The van der Waals surface area contributed by atoms with Crippen LogP contribution in [-0.4, -0.2) is 43.4 Å². The molecule has 1 aliphatic heterocycles. The van der Waals surface area contributed by atoms with Crippen LogP contribution in [0.5, 0.6) is 11.5 Å². The van der Waals surface area contributed by atoms with E-state index >= 15 is 0 Å². The SMILES string of the molecule is CCOc1c2c(c(OCC)c3ncccc13)CN(c1ccc(CS(=O)(=O)NC(=O)Cc3cccnc3)cc1C)C2=O. The number of rotatable bonds is 10. The minimum absolute atomic E-state index is 0.0966. The number of fused-ring (bicyclic) bond motifs is 2. The predicted octanol–water partition coefficient (Wildman–Crippen LogP) is 4.08. The molecule has 0 fully saturated rings. The molecule has 2 aromatic carbocycles. The molecule has 41 heavy (non-hydrogen) atoms. The Labute approximate surface area is 238 Å². The number of benzene rings is 2. The van der Waals surface area contributed by atoms with E-state index in [0.717, 1.165) is 0 Å². The van der Waals surface area contributed by atoms with E-state index in [-0.39, 0.29) is 24.6 Å². The Morgan fingerprint density at radius 2 is 1.78 bits per heavy atom. The van der Waals surface area contributed by atoms with Crippen molar-refractivity contribution < 1.29 is 27.5 Å². The monoisotopic (exact) mass is 574 g/mol. The number of ether oxygens (including phenoxy) is 2. The molecule has 1 aliphatic rings. The van der Waals surface area contributed by atoms with E-state index in [4.69, 9.17) is 9.47 Å². The lowest BCUT2D eigenvalue weighted by Crippen LogP contribution is -2.32. The second kappa shape index (κ2) is 11.5. The van der Waals surface area contributed by atoms with Gasteiger partial charge in [-0.25, -0.2) is 8.42 Å². The summed E-state index contributed by atoms with van der Waals surface area (Å²) in [6.07, 6.45) is 4.67. The number of nitrogens with one attached hydrogen (secondary N) is 1. The smallest absolute Gasteiger partial charge is 0.262 e. The number of nitrogens with zero attached hydrogens (tertiary/aromatic N) is 3. The van der Waals surface area contributed by atoms with Crippen LogP contribution in [0, 0.1) is 6.92 Å². The highest BCUT2D eigenvalue weighted by atomic mass is 32.2. The van der Waals surface area contributed by atoms with E-state index in [9.17, 15) is 18.0 Å². The number of carbonyl (C=O) groups is 2. The van der Waals surface area contributed by atoms with Crippen molar-refractivity contribution in [2.75, 3.05) is 18.1 Å². The van der Waals surface area contributed by atoms with Crippen molar-refractivity contribution in [3.05, 3.63) is 88.9 Å². The fourth-order valence-electron chi connectivity index (χ4n) is 5.09. The summed E-state index contributed by atoms with van der Waals surface area (Å²) in [7, 11) is -3.94. The average molecular weight is 575 g/mol. The molecule has 0 saturated heterocycles. The molecular formula is C30H30N4O6S. The van der Waals surface area contributed by atoms with E-state index < -0.39 is 15.9 Å². The molecule has 1 N–H and O–H groups in total. The lowest BCUT2D eigenvalue weighted by molar-refractivity contribution is -0.118. The number of carbonyl (C=O) groups excluding carboxylic acids is 2. The zero-order chi connectivity index (χ0) is 29.1. The zero-order valence-electron chi connectivity index (χ0n) is 23.0. The molecule has 2 amide bonds. The number of hydrogen-bond acceptors (Lipinski definition) is 8. The van der Waals surface area contributed by atoms with Crippen molar-refractivity contribution in [1.82, 2.24) is 14.7 Å². The molecule has 5 rings (SSSR count). The number of aryl methyl sites for hydroxylation is 1. The zero-order valence-corrected chi connectivity index (χ0v) is 23.8. The molecule has 4 aromatic rings. The van der Waals surface area contributed by atoms with Crippen LogP contribution in [0.2, 0.25) is 0 Å². The molecule has 0 bridgehead atoms. The van der Waals surface area contributed by atoms with Crippen LogP contribution >= 0.6 is 0 Å². The second-order valence-electron chi connectivity index (χ2n) is 9.61. The second-order valence-corrected chi connectivity index (χ2v) is 11.3. The normalized spacial score (nSPS) is 12.9. The third-order valence-electron chi connectivity index (χ3n) is 6.69. The predicted molar refractivity (Wildman–Crippen MR) is 154 cm³/mol. The Morgan fingerprint density at radius 1 is 1.02 bits per heavy atom. The Bertz CT molecular complexity index is 1740. The first-order chi connectivity index (χ1) is 19.7. The number of pyridine rings is 2. The van der Waals surface area contributed by atoms with Crippen LogP contribution in [0.25, 0.3) is 10.9 Å². The standard InChI is InChI=1S/C30H30N4O6S/c1-4-39-28-22-9-7-13-32-27(22)29(40-5-2)23-17-34(30(36)26(23)28)24-11-10-21(14-19(24)3)18-41(37,38)33-25(35)15-20-8-6-12-31-16-20/h6-14,16H,4-5,15,17-18H2,1-3H3,(H,33,35). The van der Waals surface area contributed by atoms with Crippen molar-refractivity contribution >= 4 is 38.4 Å². The van der Waals surface area contributed by atoms with Crippen molar-refractivity contribution in [1.29, 1.82) is 0 Å². The van der Waals surface area contributed by atoms with Gasteiger partial charge in [0.05, 0.1) is 37.5 Å². The van der Waals surface area contributed by atoms with Crippen molar-refractivity contribution in [3.63, 3.8) is 0 Å². The molecule has 0 unspecified atom stereocenters. The minimum Gasteiger partial charge on any atom is -0.492 e. The maximum atomic E-state index is 13.9. The van der Waals surface area contributed by atoms with Gasteiger partial charge < -0.3 is 14.4 Å². The lowest BCUT2D eigenvalue weighted by Gasteiger charge is -2.19. The molecule has 0 saturated carbocycles. The quantitative estimate of drug-likeness (QED) is 0.300. The summed E-state index contributed by atoms with van der Waals surface area (Å²) in [5.41, 5.74) is 4.22. The third-order valence-corrected chi connectivity index (χ3v) is 7.94. The van der Waals surface area contributed by atoms with Gasteiger partial charge in [-0.2, -0.15) is 0 Å². The summed E-state index contributed by atoms with van der Waals surface area (Å²) >= 11 is 0. The molecule has 0 spiro atoms. The molecular weight excluding hydrogens is 544 g/mol. The van der Waals surface area contributed by atoms with E-state index in [1.165, 1.54) is 6.20 Å². The van der Waals surface area contributed by atoms with Gasteiger partial charge in [-0.05, 0) is 61.7 Å². The number of sulfonamides is 1. The number of amides is 2. The summed E-state index contributed by atoms with van der Waals surface area (Å²) in [6.45, 7) is 6.58. The first-order valence-electron chi connectivity index (χ1n) is 13.2. The van der Waals surface area contributed by atoms with Crippen molar-refractivity contribution in [2.45, 2.75) is 39.5 Å². The maximum absolute atomic E-state index is 13.9. The van der Waals surface area contributed by atoms with E-state index in [1.54, 1.807) is 53.7 Å². The first-order valence-corrected chi connectivity index (χ1v) is 14.9. The third kappa shape index (κ3) is 5.71. The van der Waals surface area contributed by atoms with Gasteiger partial charge in [-0.15, -0.1) is 0 Å². The largest absolute Gasteiger partial charge is 0.492 e. The fourth-order valence-corrected chi connectivity index (χ4v) is 6.20. The average Bonchev–Trinajstić information content (AvgIpc) is 3.27. The van der Waals surface area contributed by atoms with Gasteiger partial charge in [0.1, 0.15) is 11.3 Å². The molecule has 0 atom stereocenters. The number of hydrogen-bond donors (Lipinski definition) is 1. The molecule has 10 nitrogen and oxygen atoms in total. The highest BCUT2D eigenvalue weighted by Gasteiger charge is 2.37. The summed E-state index contributed by atoms with van der Waals surface area (Å²) in [5, 5.41) is 0.703. The summed E-state index contributed by atoms with van der Waals surface area (Å²) < 4.78 is 39.5. The van der Waals surface area contributed by atoms with Crippen LogP contribution in [0.4, 0.5) is 5.69 Å². The highest BCUT2D eigenvalue weighted by Crippen LogP contribution is 2.45.